The van der Waals surface area contributed by atoms with Crippen LogP contribution in [0.25, 0.3) is 0 Å². The van der Waals surface area contributed by atoms with Crippen LogP contribution >= 0.6 is 0 Å². The van der Waals surface area contributed by atoms with E-state index in [9.17, 15) is 9.59 Å². The van der Waals surface area contributed by atoms with Gasteiger partial charge in [-0.1, -0.05) is 0 Å². The molecule has 0 bridgehead atoms. The van der Waals surface area contributed by atoms with Crippen molar-refractivity contribution in [2.24, 2.45) is 7.05 Å². The minimum Gasteiger partial charge on any atom is -0.479 e. The van der Waals surface area contributed by atoms with Crippen molar-refractivity contribution in [3.63, 3.8) is 0 Å². The molecule has 0 fully saturated rings. The molecule has 0 saturated carbocycles. The highest BCUT2D eigenvalue weighted by molar-refractivity contribution is 5.98. The van der Waals surface area contributed by atoms with E-state index < -0.39 is 5.91 Å². The highest BCUT2D eigenvalue weighted by Gasteiger charge is 2.16. The van der Waals surface area contributed by atoms with Crippen molar-refractivity contribution in [2.45, 2.75) is 6.54 Å². The lowest BCUT2D eigenvalue weighted by molar-refractivity contribution is -0.120. The van der Waals surface area contributed by atoms with Crippen molar-refractivity contribution >= 4 is 11.8 Å². The molecule has 21 heavy (non-hydrogen) atoms. The average Bonchev–Trinajstić information content (AvgIpc) is 3.11. The van der Waals surface area contributed by atoms with Gasteiger partial charge in [0.2, 0.25) is 11.8 Å². The molecule has 2 rings (SSSR count). The minimum absolute atomic E-state index is 0.141. The monoisotopic (exact) mass is 292 g/mol. The zero-order valence-corrected chi connectivity index (χ0v) is 11.8. The highest BCUT2D eigenvalue weighted by atomic mass is 16.5. The Kier molecular flexibility index (Phi) is 4.60. The predicted molar refractivity (Wildman–Crippen MR) is 72.6 cm³/mol. The van der Waals surface area contributed by atoms with E-state index >= 15 is 0 Å². The molecule has 0 aliphatic rings. The molecule has 0 aliphatic carbocycles. The van der Waals surface area contributed by atoms with Crippen LogP contribution in [0, 0.1) is 0 Å². The zero-order valence-electron chi connectivity index (χ0n) is 11.8. The van der Waals surface area contributed by atoms with Crippen LogP contribution in [0.3, 0.4) is 0 Å². The number of ether oxygens (including phenoxy) is 1. The van der Waals surface area contributed by atoms with Crippen molar-refractivity contribution in [3.05, 3.63) is 35.9 Å². The van der Waals surface area contributed by atoms with Crippen LogP contribution in [0.4, 0.5) is 0 Å². The van der Waals surface area contributed by atoms with Crippen LogP contribution in [0.1, 0.15) is 16.1 Å². The summed E-state index contributed by atoms with van der Waals surface area (Å²) in [6.07, 6.45) is 3.05. The van der Waals surface area contributed by atoms with Crippen LogP contribution in [0.2, 0.25) is 0 Å². The van der Waals surface area contributed by atoms with E-state index in [0.29, 0.717) is 5.76 Å². The molecule has 112 valence electrons. The van der Waals surface area contributed by atoms with Crippen LogP contribution in [0.15, 0.2) is 29.0 Å². The van der Waals surface area contributed by atoms with Gasteiger partial charge in [-0.2, -0.15) is 0 Å². The first-order valence-corrected chi connectivity index (χ1v) is 6.25. The Morgan fingerprint density at radius 2 is 2.24 bits per heavy atom. The Morgan fingerprint density at radius 3 is 2.90 bits per heavy atom. The van der Waals surface area contributed by atoms with Crippen LogP contribution < -0.4 is 15.4 Å². The molecule has 0 aliphatic heterocycles. The number of nitrogens with zero attached hydrogens (tertiary/aromatic N) is 2. The molecule has 2 amide bonds. The predicted octanol–water partition coefficient (Wildman–Crippen LogP) is 0.0679. The summed E-state index contributed by atoms with van der Waals surface area (Å²) in [5, 5.41) is 9.10. The lowest BCUT2D eigenvalue weighted by Crippen LogP contribution is -2.36. The molecular weight excluding hydrogens is 276 g/mol. The van der Waals surface area contributed by atoms with Gasteiger partial charge in [0.15, 0.2) is 0 Å². The number of aromatic nitrogens is 2. The lowest BCUT2D eigenvalue weighted by atomic mass is 10.3. The number of rotatable bonds is 6. The molecule has 2 aromatic heterocycles. The number of carbonyl (C=O) groups excluding carboxylic acids is 2. The van der Waals surface area contributed by atoms with Crippen molar-refractivity contribution in [1.29, 1.82) is 0 Å². The Morgan fingerprint density at radius 1 is 1.43 bits per heavy atom. The maximum Gasteiger partial charge on any atom is 0.258 e. The van der Waals surface area contributed by atoms with E-state index in [4.69, 9.17) is 9.15 Å². The molecule has 8 nitrogen and oxygen atoms in total. The van der Waals surface area contributed by atoms with Crippen molar-refractivity contribution in [1.82, 2.24) is 20.4 Å². The number of amides is 2. The average molecular weight is 292 g/mol. The Balaban J connectivity index is 1.81. The molecule has 2 heterocycles. The van der Waals surface area contributed by atoms with Crippen molar-refractivity contribution in [2.75, 3.05) is 13.7 Å². The van der Waals surface area contributed by atoms with Crippen LogP contribution in [-0.2, 0) is 18.4 Å². The summed E-state index contributed by atoms with van der Waals surface area (Å²) in [6.45, 7) is 0.134. The largest absolute Gasteiger partial charge is 0.479 e. The van der Waals surface area contributed by atoms with E-state index in [1.807, 2.05) is 0 Å². The maximum absolute atomic E-state index is 11.9. The Bertz CT molecular complexity index is 618. The first-order valence-electron chi connectivity index (χ1n) is 6.25. The maximum atomic E-state index is 11.9. The van der Waals surface area contributed by atoms with Gasteiger partial charge < -0.3 is 19.8 Å². The van der Waals surface area contributed by atoms with Gasteiger partial charge >= 0.3 is 0 Å². The first-order chi connectivity index (χ1) is 10.1. The van der Waals surface area contributed by atoms with Gasteiger partial charge in [0.05, 0.1) is 26.5 Å². The fraction of sp³-hybridized carbons (Fsp3) is 0.308. The van der Waals surface area contributed by atoms with Gasteiger partial charge in [-0.15, -0.1) is 5.10 Å². The molecule has 2 aromatic rings. The quantitative estimate of drug-likeness (QED) is 0.785. The van der Waals surface area contributed by atoms with E-state index in [1.165, 1.54) is 24.3 Å². The second-order valence-corrected chi connectivity index (χ2v) is 4.26. The first kappa shape index (κ1) is 14.6. The summed E-state index contributed by atoms with van der Waals surface area (Å²) in [4.78, 5) is 23.5. The van der Waals surface area contributed by atoms with E-state index in [1.54, 1.807) is 19.2 Å². The van der Waals surface area contributed by atoms with Gasteiger partial charge in [0, 0.05) is 13.2 Å². The topological polar surface area (TPSA) is 98.4 Å². The van der Waals surface area contributed by atoms with Crippen molar-refractivity contribution in [3.8, 4) is 5.88 Å². The zero-order chi connectivity index (χ0) is 15.2. The minimum atomic E-state index is -0.423. The second-order valence-electron chi connectivity index (χ2n) is 4.26. The summed E-state index contributed by atoms with van der Waals surface area (Å²) in [5.74, 6) is 0.116. The second kappa shape index (κ2) is 6.60. The number of aryl methyl sites for hydroxylation is 1. The van der Waals surface area contributed by atoms with Crippen LogP contribution in [0.5, 0.6) is 5.88 Å². The fourth-order valence-corrected chi connectivity index (χ4v) is 1.69. The SMILES string of the molecule is COc1nn(C)cc1C(=O)NCC(=O)NCc1ccco1. The van der Waals surface area contributed by atoms with E-state index in [2.05, 4.69) is 15.7 Å². The summed E-state index contributed by atoms with van der Waals surface area (Å²) >= 11 is 0. The van der Waals surface area contributed by atoms with Gasteiger partial charge in [-0.05, 0) is 12.1 Å². The molecule has 0 saturated heterocycles. The van der Waals surface area contributed by atoms with Gasteiger partial charge in [-0.3, -0.25) is 14.3 Å². The summed E-state index contributed by atoms with van der Waals surface area (Å²) in [5.41, 5.74) is 0.277. The van der Waals surface area contributed by atoms with Gasteiger partial charge in [0.25, 0.3) is 5.91 Å². The molecule has 8 heteroatoms. The number of hydrogen-bond donors (Lipinski definition) is 2. The normalized spacial score (nSPS) is 10.2. The van der Waals surface area contributed by atoms with Crippen molar-refractivity contribution < 1.29 is 18.7 Å². The molecule has 0 atom stereocenters. The summed E-state index contributed by atoms with van der Waals surface area (Å²) in [7, 11) is 3.10. The Labute approximate surface area is 121 Å². The number of methoxy groups -OCH3 is 1. The molecular formula is C13H16N4O4. The van der Waals surface area contributed by atoms with E-state index in [-0.39, 0.29) is 30.4 Å². The van der Waals surface area contributed by atoms with Crippen LogP contribution in [-0.4, -0.2) is 35.2 Å². The number of furan rings is 1. The number of carbonyl (C=O) groups is 2. The smallest absolute Gasteiger partial charge is 0.258 e. The Hall–Kier alpha value is -2.77. The lowest BCUT2D eigenvalue weighted by Gasteiger charge is -2.05. The molecule has 0 aromatic carbocycles. The fourth-order valence-electron chi connectivity index (χ4n) is 1.69. The molecule has 0 spiro atoms. The summed E-state index contributed by atoms with van der Waals surface area (Å²) in [6, 6.07) is 3.48. The third-order valence-electron chi connectivity index (χ3n) is 2.68. The molecule has 2 N–H and O–H groups in total. The number of hydrogen-bond acceptors (Lipinski definition) is 5. The van der Waals surface area contributed by atoms with Gasteiger partial charge in [-0.25, -0.2) is 0 Å². The number of nitrogens with one attached hydrogen (secondary N) is 2. The standard InChI is InChI=1S/C13H16N4O4/c1-17-8-10(13(16-17)20-2)12(19)15-7-11(18)14-6-9-4-3-5-21-9/h3-5,8H,6-7H2,1-2H3,(H,14,18)(H,15,19). The summed E-state index contributed by atoms with van der Waals surface area (Å²) < 4.78 is 11.5. The highest BCUT2D eigenvalue weighted by Crippen LogP contribution is 2.13. The molecule has 0 radical (unpaired) electrons. The van der Waals surface area contributed by atoms with E-state index in [0.717, 1.165) is 0 Å². The molecule has 0 unspecified atom stereocenters. The third kappa shape index (κ3) is 3.85. The third-order valence-corrected chi connectivity index (χ3v) is 2.68. The van der Waals surface area contributed by atoms with Gasteiger partial charge in [0.1, 0.15) is 11.3 Å².